The zero-order valence-electron chi connectivity index (χ0n) is 11.0. The van der Waals surface area contributed by atoms with Gasteiger partial charge in [-0.05, 0) is 44.0 Å². The van der Waals surface area contributed by atoms with Crippen molar-refractivity contribution in [3.05, 3.63) is 24.1 Å². The molecule has 1 aliphatic heterocycles. The Bertz CT molecular complexity index is 428. The van der Waals surface area contributed by atoms with Crippen molar-refractivity contribution < 1.29 is 17.6 Å². The van der Waals surface area contributed by atoms with Crippen molar-refractivity contribution in [1.82, 2.24) is 9.88 Å². The molecule has 1 aromatic rings. The van der Waals surface area contributed by atoms with Crippen LogP contribution in [-0.2, 0) is 0 Å². The van der Waals surface area contributed by atoms with E-state index in [2.05, 4.69) is 10.3 Å². The standard InChI is InChI=1S/C13H17F4N3/c14-11-2-1-3-12(19-11)18-8-10-4-6-20(7-5-10)9-13(15,16)17/h1-3,10H,4-9H2,(H,18,19). The number of piperidine rings is 1. The third-order valence-electron chi connectivity index (χ3n) is 3.40. The van der Waals surface area contributed by atoms with Crippen LogP contribution in [0, 0.1) is 11.9 Å². The molecule has 1 aliphatic rings. The molecule has 2 rings (SSSR count). The van der Waals surface area contributed by atoms with Crippen LogP contribution in [0.25, 0.3) is 0 Å². The van der Waals surface area contributed by atoms with E-state index in [0.717, 1.165) is 0 Å². The summed E-state index contributed by atoms with van der Waals surface area (Å²) in [6.45, 7) is 0.666. The van der Waals surface area contributed by atoms with Gasteiger partial charge >= 0.3 is 6.18 Å². The summed E-state index contributed by atoms with van der Waals surface area (Å²) in [5.41, 5.74) is 0. The number of nitrogens with one attached hydrogen (secondary N) is 1. The predicted molar refractivity (Wildman–Crippen MR) is 67.9 cm³/mol. The van der Waals surface area contributed by atoms with Gasteiger partial charge in [-0.3, -0.25) is 4.90 Å². The SMILES string of the molecule is Fc1cccc(NCC2CCN(CC(F)(F)F)CC2)n1. The Balaban J connectivity index is 1.72. The molecular formula is C13H17F4N3. The first-order chi connectivity index (χ1) is 9.42. The first-order valence-electron chi connectivity index (χ1n) is 6.58. The van der Waals surface area contributed by atoms with Crippen molar-refractivity contribution in [2.24, 2.45) is 5.92 Å². The maximum Gasteiger partial charge on any atom is 0.401 e. The number of hydrogen-bond acceptors (Lipinski definition) is 3. The fourth-order valence-corrected chi connectivity index (χ4v) is 2.36. The topological polar surface area (TPSA) is 28.2 Å². The van der Waals surface area contributed by atoms with Gasteiger partial charge in [0.05, 0.1) is 6.54 Å². The molecule has 1 saturated heterocycles. The fraction of sp³-hybridized carbons (Fsp3) is 0.615. The van der Waals surface area contributed by atoms with Gasteiger partial charge < -0.3 is 5.32 Å². The van der Waals surface area contributed by atoms with E-state index in [9.17, 15) is 17.6 Å². The zero-order chi connectivity index (χ0) is 14.6. The number of rotatable bonds is 4. The minimum absolute atomic E-state index is 0.296. The Kier molecular flexibility index (Phi) is 4.80. The first-order valence-corrected chi connectivity index (χ1v) is 6.58. The number of hydrogen-bond donors (Lipinski definition) is 1. The molecule has 0 aliphatic carbocycles. The number of alkyl halides is 3. The summed E-state index contributed by atoms with van der Waals surface area (Å²) in [6, 6.07) is 4.50. The lowest BCUT2D eigenvalue weighted by molar-refractivity contribution is -0.148. The van der Waals surface area contributed by atoms with Crippen LogP contribution in [0.4, 0.5) is 23.4 Å². The van der Waals surface area contributed by atoms with Crippen LogP contribution < -0.4 is 5.32 Å². The second kappa shape index (κ2) is 6.39. The van der Waals surface area contributed by atoms with E-state index in [1.807, 2.05) is 0 Å². The molecule has 1 aromatic heterocycles. The van der Waals surface area contributed by atoms with Gasteiger partial charge in [0.15, 0.2) is 0 Å². The molecule has 0 unspecified atom stereocenters. The summed E-state index contributed by atoms with van der Waals surface area (Å²) in [5.74, 6) is 0.210. The molecule has 0 radical (unpaired) electrons. The maximum atomic E-state index is 12.9. The number of pyridine rings is 1. The van der Waals surface area contributed by atoms with Crippen LogP contribution in [0.15, 0.2) is 18.2 Å². The third-order valence-corrected chi connectivity index (χ3v) is 3.40. The number of anilines is 1. The summed E-state index contributed by atoms with van der Waals surface area (Å²) in [5, 5.41) is 3.03. The average molecular weight is 291 g/mol. The first kappa shape index (κ1) is 15.0. The lowest BCUT2D eigenvalue weighted by Crippen LogP contribution is -2.41. The smallest absolute Gasteiger partial charge is 0.370 e. The minimum Gasteiger partial charge on any atom is -0.370 e. The van der Waals surface area contributed by atoms with Crippen molar-refractivity contribution in [1.29, 1.82) is 0 Å². The van der Waals surface area contributed by atoms with Crippen LogP contribution in [0.1, 0.15) is 12.8 Å². The van der Waals surface area contributed by atoms with Crippen LogP contribution in [0.5, 0.6) is 0 Å². The third kappa shape index (κ3) is 4.96. The summed E-state index contributed by atoms with van der Waals surface area (Å²) in [4.78, 5) is 5.11. The van der Waals surface area contributed by atoms with Crippen molar-refractivity contribution in [2.75, 3.05) is 31.5 Å². The minimum atomic E-state index is -4.13. The largest absolute Gasteiger partial charge is 0.401 e. The fourth-order valence-electron chi connectivity index (χ4n) is 2.36. The molecule has 1 fully saturated rings. The maximum absolute atomic E-state index is 12.9. The molecule has 0 saturated carbocycles. The van der Waals surface area contributed by atoms with Gasteiger partial charge in [0.1, 0.15) is 5.82 Å². The van der Waals surface area contributed by atoms with E-state index in [1.165, 1.54) is 11.0 Å². The lowest BCUT2D eigenvalue weighted by Gasteiger charge is -2.32. The van der Waals surface area contributed by atoms with Crippen molar-refractivity contribution in [3.8, 4) is 0 Å². The highest BCUT2D eigenvalue weighted by Gasteiger charge is 2.32. The normalized spacial score (nSPS) is 18.2. The number of aromatic nitrogens is 1. The molecule has 3 nitrogen and oxygen atoms in total. The molecule has 0 atom stereocenters. The van der Waals surface area contributed by atoms with E-state index in [0.29, 0.717) is 44.2 Å². The Morgan fingerprint density at radius 1 is 1.25 bits per heavy atom. The van der Waals surface area contributed by atoms with Gasteiger partial charge in [-0.2, -0.15) is 17.6 Å². The highest BCUT2D eigenvalue weighted by atomic mass is 19.4. The average Bonchev–Trinajstić information content (AvgIpc) is 2.36. The molecule has 20 heavy (non-hydrogen) atoms. The zero-order valence-corrected chi connectivity index (χ0v) is 11.0. The van der Waals surface area contributed by atoms with Crippen molar-refractivity contribution in [3.63, 3.8) is 0 Å². The Morgan fingerprint density at radius 3 is 2.55 bits per heavy atom. The summed E-state index contributed by atoms with van der Waals surface area (Å²) < 4.78 is 49.6. The van der Waals surface area contributed by atoms with E-state index < -0.39 is 18.7 Å². The molecule has 0 bridgehead atoms. The van der Waals surface area contributed by atoms with Gasteiger partial charge in [-0.1, -0.05) is 6.07 Å². The number of likely N-dealkylation sites (tertiary alicyclic amines) is 1. The molecule has 112 valence electrons. The lowest BCUT2D eigenvalue weighted by atomic mass is 9.97. The molecule has 0 amide bonds. The van der Waals surface area contributed by atoms with Gasteiger partial charge in [-0.25, -0.2) is 4.98 Å². The predicted octanol–water partition coefficient (Wildman–Crippen LogP) is 2.91. The highest BCUT2D eigenvalue weighted by molar-refractivity contribution is 5.33. The van der Waals surface area contributed by atoms with Gasteiger partial charge in [0.25, 0.3) is 0 Å². The second-order valence-electron chi connectivity index (χ2n) is 5.06. The van der Waals surface area contributed by atoms with E-state index in [4.69, 9.17) is 0 Å². The second-order valence-corrected chi connectivity index (χ2v) is 5.06. The molecule has 1 N–H and O–H groups in total. The van der Waals surface area contributed by atoms with Gasteiger partial charge in [0, 0.05) is 6.54 Å². The highest BCUT2D eigenvalue weighted by Crippen LogP contribution is 2.22. The Morgan fingerprint density at radius 2 is 1.95 bits per heavy atom. The van der Waals surface area contributed by atoms with Crippen LogP contribution in [0.3, 0.4) is 0 Å². The molecular weight excluding hydrogens is 274 g/mol. The molecule has 0 spiro atoms. The number of halogens is 4. The van der Waals surface area contributed by atoms with Crippen molar-refractivity contribution >= 4 is 5.82 Å². The molecule has 0 aromatic carbocycles. The van der Waals surface area contributed by atoms with Gasteiger partial charge in [0.2, 0.25) is 5.95 Å². The van der Waals surface area contributed by atoms with Crippen molar-refractivity contribution in [2.45, 2.75) is 19.0 Å². The monoisotopic (exact) mass is 291 g/mol. The summed E-state index contributed by atoms with van der Waals surface area (Å²) in [7, 11) is 0. The van der Waals surface area contributed by atoms with Gasteiger partial charge in [-0.15, -0.1) is 0 Å². The number of nitrogens with zero attached hydrogens (tertiary/aromatic N) is 2. The molecule has 7 heteroatoms. The van der Waals surface area contributed by atoms with E-state index in [-0.39, 0.29) is 0 Å². The summed E-state index contributed by atoms with van der Waals surface area (Å²) in [6.07, 6.45) is -2.71. The van der Waals surface area contributed by atoms with E-state index in [1.54, 1.807) is 12.1 Å². The van der Waals surface area contributed by atoms with E-state index >= 15 is 0 Å². The molecule has 2 heterocycles. The quantitative estimate of drug-likeness (QED) is 0.683. The Hall–Kier alpha value is -1.37. The van der Waals surface area contributed by atoms with Crippen LogP contribution in [-0.4, -0.2) is 42.2 Å². The van der Waals surface area contributed by atoms with Crippen LogP contribution in [0.2, 0.25) is 0 Å². The Labute approximate surface area is 115 Å². The summed E-state index contributed by atoms with van der Waals surface area (Å²) >= 11 is 0. The van der Waals surface area contributed by atoms with Crippen LogP contribution >= 0.6 is 0 Å².